The third-order valence-electron chi connectivity index (χ3n) is 4.66. The van der Waals surface area contributed by atoms with Gasteiger partial charge in [-0.2, -0.15) is 0 Å². The van der Waals surface area contributed by atoms with Crippen LogP contribution in [0.25, 0.3) is 0 Å². The van der Waals surface area contributed by atoms with E-state index in [1.54, 1.807) is 25.0 Å². The third-order valence-corrected chi connectivity index (χ3v) is 4.66. The summed E-state index contributed by atoms with van der Waals surface area (Å²) in [5, 5.41) is 0. The minimum absolute atomic E-state index is 0.0451. The Morgan fingerprint density at radius 3 is 2.56 bits per heavy atom. The molecule has 0 radical (unpaired) electrons. The van der Waals surface area contributed by atoms with Crippen molar-refractivity contribution in [2.24, 2.45) is 11.8 Å². The number of esters is 2. The van der Waals surface area contributed by atoms with Crippen LogP contribution < -0.4 is 0 Å². The number of hydrogen-bond donors (Lipinski definition) is 0. The van der Waals surface area contributed by atoms with Gasteiger partial charge in [-0.15, -0.1) is 0 Å². The van der Waals surface area contributed by atoms with E-state index in [2.05, 4.69) is 0 Å². The molecule has 7 nitrogen and oxygen atoms in total. The maximum absolute atomic E-state index is 12.4. The second-order valence-electron chi connectivity index (χ2n) is 6.72. The van der Waals surface area contributed by atoms with Gasteiger partial charge in [0, 0.05) is 26.0 Å². The molecule has 2 aliphatic heterocycles. The number of ether oxygens (including phenoxy) is 3. The zero-order valence-electron chi connectivity index (χ0n) is 15.1. The lowest BCUT2D eigenvalue weighted by molar-refractivity contribution is -0.159. The van der Waals surface area contributed by atoms with Crippen LogP contribution in [0.2, 0.25) is 0 Å². The topological polar surface area (TPSA) is 82.1 Å². The van der Waals surface area contributed by atoms with E-state index >= 15 is 0 Å². The second kappa shape index (κ2) is 8.99. The smallest absolute Gasteiger partial charge is 0.328 e. The van der Waals surface area contributed by atoms with E-state index in [1.807, 2.05) is 13.0 Å². The van der Waals surface area contributed by atoms with Gasteiger partial charge in [0.2, 0.25) is 5.91 Å². The molecule has 1 fully saturated rings. The molecule has 0 aliphatic carbocycles. The van der Waals surface area contributed by atoms with Gasteiger partial charge in [0.25, 0.3) is 0 Å². The Kier molecular flexibility index (Phi) is 6.99. The molecule has 0 saturated carbocycles. The standard InChI is InChI=1S/C18H27NO6/c1-12-10-24-17(21)13(2)11-25-18(22)14-6-5-9-19(14)16(20)8-4-7-15(12)23-3/h4,7,12-15H,5-6,8-11H2,1-3H3/t12-,13+,14+,15-/m1/s1. The van der Waals surface area contributed by atoms with Crippen molar-refractivity contribution >= 4 is 17.8 Å². The van der Waals surface area contributed by atoms with Gasteiger partial charge in [-0.3, -0.25) is 9.59 Å². The van der Waals surface area contributed by atoms with Crippen LogP contribution >= 0.6 is 0 Å². The second-order valence-corrected chi connectivity index (χ2v) is 6.72. The molecular weight excluding hydrogens is 326 g/mol. The molecule has 0 spiro atoms. The maximum Gasteiger partial charge on any atom is 0.328 e. The average Bonchev–Trinajstić information content (AvgIpc) is 3.09. The fourth-order valence-corrected chi connectivity index (χ4v) is 3.05. The molecule has 0 aromatic carbocycles. The highest BCUT2D eigenvalue weighted by Gasteiger charge is 2.35. The van der Waals surface area contributed by atoms with Crippen molar-refractivity contribution in [1.29, 1.82) is 0 Å². The van der Waals surface area contributed by atoms with Gasteiger partial charge in [-0.1, -0.05) is 19.1 Å². The molecule has 0 aromatic heterocycles. The van der Waals surface area contributed by atoms with Crippen molar-refractivity contribution in [3.8, 4) is 0 Å². The molecule has 1 amide bonds. The normalized spacial score (nSPS) is 32.4. The Hall–Kier alpha value is -1.89. The van der Waals surface area contributed by atoms with Crippen molar-refractivity contribution in [1.82, 2.24) is 4.90 Å². The quantitative estimate of drug-likeness (QED) is 0.522. The van der Waals surface area contributed by atoms with Gasteiger partial charge >= 0.3 is 11.9 Å². The predicted octanol–water partition coefficient (Wildman–Crippen LogP) is 1.31. The molecular formula is C18H27NO6. The van der Waals surface area contributed by atoms with E-state index in [9.17, 15) is 14.4 Å². The first-order chi connectivity index (χ1) is 11.9. The summed E-state index contributed by atoms with van der Waals surface area (Å²) in [4.78, 5) is 38.3. The Labute approximate surface area is 148 Å². The fourth-order valence-electron chi connectivity index (χ4n) is 3.05. The van der Waals surface area contributed by atoms with Crippen LogP contribution in [-0.4, -0.2) is 61.8 Å². The van der Waals surface area contributed by atoms with Gasteiger partial charge in [0.1, 0.15) is 12.6 Å². The first-order valence-corrected chi connectivity index (χ1v) is 8.76. The first-order valence-electron chi connectivity index (χ1n) is 8.76. The number of cyclic esters (lactones) is 2. The highest BCUT2D eigenvalue weighted by atomic mass is 16.6. The maximum atomic E-state index is 12.4. The molecule has 2 aliphatic rings. The van der Waals surface area contributed by atoms with E-state index in [1.165, 1.54) is 0 Å². The van der Waals surface area contributed by atoms with Crippen molar-refractivity contribution < 1.29 is 28.6 Å². The summed E-state index contributed by atoms with van der Waals surface area (Å²) in [5.74, 6) is -1.57. The van der Waals surface area contributed by atoms with Crippen molar-refractivity contribution in [3.05, 3.63) is 12.2 Å². The van der Waals surface area contributed by atoms with Crippen LogP contribution in [0.1, 0.15) is 33.1 Å². The van der Waals surface area contributed by atoms with Crippen LogP contribution in [0.15, 0.2) is 12.2 Å². The van der Waals surface area contributed by atoms with E-state index in [0.29, 0.717) is 13.0 Å². The largest absolute Gasteiger partial charge is 0.465 e. The molecule has 25 heavy (non-hydrogen) atoms. The van der Waals surface area contributed by atoms with Crippen molar-refractivity contribution in [3.63, 3.8) is 0 Å². The molecule has 1 saturated heterocycles. The van der Waals surface area contributed by atoms with E-state index in [4.69, 9.17) is 14.2 Å². The molecule has 0 bridgehead atoms. The number of hydrogen-bond acceptors (Lipinski definition) is 6. The number of methoxy groups -OCH3 is 1. The number of amides is 1. The summed E-state index contributed by atoms with van der Waals surface area (Å²) in [6, 6.07) is -0.564. The fraction of sp³-hybridized carbons (Fsp3) is 0.722. The van der Waals surface area contributed by atoms with Gasteiger partial charge < -0.3 is 19.1 Å². The van der Waals surface area contributed by atoms with Crippen LogP contribution in [0, 0.1) is 11.8 Å². The lowest BCUT2D eigenvalue weighted by Crippen LogP contribution is -2.41. The van der Waals surface area contributed by atoms with Gasteiger partial charge in [0.15, 0.2) is 0 Å². The molecule has 140 valence electrons. The number of carbonyl (C=O) groups is 3. The molecule has 2 rings (SSSR count). The lowest BCUT2D eigenvalue weighted by atomic mass is 10.0. The zero-order valence-corrected chi connectivity index (χ0v) is 15.1. The van der Waals surface area contributed by atoms with Gasteiger partial charge in [0.05, 0.1) is 18.6 Å². The summed E-state index contributed by atoms with van der Waals surface area (Å²) in [5.41, 5.74) is 0. The summed E-state index contributed by atoms with van der Waals surface area (Å²) in [6.45, 7) is 4.27. The summed E-state index contributed by atoms with van der Waals surface area (Å²) >= 11 is 0. The lowest BCUT2D eigenvalue weighted by Gasteiger charge is -2.23. The highest BCUT2D eigenvalue weighted by Crippen LogP contribution is 2.21. The number of nitrogens with zero attached hydrogens (tertiary/aromatic N) is 1. The number of carbonyl (C=O) groups excluding carboxylic acids is 3. The Morgan fingerprint density at radius 2 is 1.84 bits per heavy atom. The SMILES string of the molecule is CO[C@@H]1C=CCC(=O)N2CCC[C@H]2C(=O)OC[C@H](C)C(=O)OC[C@H]1C. The molecule has 4 atom stereocenters. The van der Waals surface area contributed by atoms with Crippen LogP contribution in [0.5, 0.6) is 0 Å². The minimum Gasteiger partial charge on any atom is -0.465 e. The molecule has 0 aromatic rings. The first kappa shape index (κ1) is 19.4. The van der Waals surface area contributed by atoms with Crippen LogP contribution in [0.3, 0.4) is 0 Å². The third kappa shape index (κ3) is 5.04. The Bertz CT molecular complexity index is 532. The zero-order chi connectivity index (χ0) is 18.4. The van der Waals surface area contributed by atoms with Crippen LogP contribution in [0.4, 0.5) is 0 Å². The van der Waals surface area contributed by atoms with Gasteiger partial charge in [-0.25, -0.2) is 4.79 Å². The average molecular weight is 353 g/mol. The van der Waals surface area contributed by atoms with Gasteiger partial charge in [-0.05, 0) is 19.8 Å². The van der Waals surface area contributed by atoms with Crippen LogP contribution in [-0.2, 0) is 28.6 Å². The highest BCUT2D eigenvalue weighted by molar-refractivity contribution is 5.86. The minimum atomic E-state index is -0.564. The Balaban J connectivity index is 2.16. The summed E-state index contributed by atoms with van der Waals surface area (Å²) < 4.78 is 16.0. The van der Waals surface area contributed by atoms with Crippen molar-refractivity contribution in [2.75, 3.05) is 26.9 Å². The predicted molar refractivity (Wildman–Crippen MR) is 89.5 cm³/mol. The number of rotatable bonds is 1. The number of fused-ring (bicyclic) bond motifs is 1. The molecule has 0 unspecified atom stereocenters. The van der Waals surface area contributed by atoms with E-state index in [-0.39, 0.29) is 37.6 Å². The molecule has 0 N–H and O–H groups in total. The van der Waals surface area contributed by atoms with Crippen molar-refractivity contribution in [2.45, 2.75) is 45.3 Å². The van der Waals surface area contributed by atoms with E-state index < -0.39 is 23.9 Å². The van der Waals surface area contributed by atoms with E-state index in [0.717, 1.165) is 6.42 Å². The molecule has 2 heterocycles. The summed E-state index contributed by atoms with van der Waals surface area (Å²) in [7, 11) is 1.58. The summed E-state index contributed by atoms with van der Waals surface area (Å²) in [6.07, 6.45) is 4.86. The monoisotopic (exact) mass is 353 g/mol. The Morgan fingerprint density at radius 1 is 1.12 bits per heavy atom. The molecule has 7 heteroatoms.